The summed E-state index contributed by atoms with van der Waals surface area (Å²) in [5.74, 6) is 0.549. The lowest BCUT2D eigenvalue weighted by Gasteiger charge is -2.41. The van der Waals surface area contributed by atoms with Crippen LogP contribution in [0.1, 0.15) is 67.6 Å². The minimum Gasteiger partial charge on any atom is -0.497 e. The van der Waals surface area contributed by atoms with Gasteiger partial charge in [0.25, 0.3) is 0 Å². The van der Waals surface area contributed by atoms with Crippen LogP contribution >= 0.6 is 11.3 Å². The molecular weight excluding hydrogens is 410 g/mol. The van der Waals surface area contributed by atoms with Crippen LogP contribution in [0, 0.1) is 5.92 Å². The number of piperidine rings is 1. The molecule has 1 N–H and O–H groups in total. The number of likely N-dealkylation sites (tertiary alicyclic amines) is 1. The first-order valence-electron chi connectivity index (χ1n) is 11.3. The van der Waals surface area contributed by atoms with Gasteiger partial charge in [-0.15, -0.1) is 11.3 Å². The van der Waals surface area contributed by atoms with Crippen molar-refractivity contribution in [3.05, 3.63) is 40.4 Å². The Hall–Kier alpha value is -2.41. The average molecular weight is 442 g/mol. The predicted molar refractivity (Wildman–Crippen MR) is 122 cm³/mol. The van der Waals surface area contributed by atoms with Gasteiger partial charge < -0.3 is 15.0 Å². The molecule has 0 radical (unpaired) electrons. The highest BCUT2D eigenvalue weighted by atomic mass is 32.1. The first-order chi connectivity index (χ1) is 15.1. The van der Waals surface area contributed by atoms with Crippen LogP contribution in [-0.2, 0) is 22.4 Å². The monoisotopic (exact) mass is 441 g/mol. The van der Waals surface area contributed by atoms with Crippen molar-refractivity contribution in [2.24, 2.45) is 5.92 Å². The summed E-state index contributed by atoms with van der Waals surface area (Å²) >= 11 is 1.60. The summed E-state index contributed by atoms with van der Waals surface area (Å²) < 4.78 is 5.30. The molecule has 2 heterocycles. The van der Waals surface area contributed by atoms with Crippen LogP contribution in [0.3, 0.4) is 0 Å². The third kappa shape index (κ3) is 4.76. The largest absolute Gasteiger partial charge is 0.497 e. The molecule has 2 amide bonds. The Morgan fingerprint density at radius 2 is 2.00 bits per heavy atom. The number of aromatic nitrogens is 1. The highest BCUT2D eigenvalue weighted by molar-refractivity contribution is 7.15. The number of rotatable bonds is 7. The van der Waals surface area contributed by atoms with E-state index in [2.05, 4.69) is 17.2 Å². The van der Waals surface area contributed by atoms with Gasteiger partial charge in [-0.1, -0.05) is 25.5 Å². The number of aryl methyl sites for hydroxylation is 2. The molecule has 1 fully saturated rings. The third-order valence-corrected chi connectivity index (χ3v) is 7.40. The Balaban J connectivity index is 1.59. The van der Waals surface area contributed by atoms with E-state index in [0.717, 1.165) is 42.7 Å². The van der Waals surface area contributed by atoms with Crippen molar-refractivity contribution in [2.75, 3.05) is 19.0 Å². The van der Waals surface area contributed by atoms with E-state index in [1.807, 2.05) is 29.2 Å². The zero-order chi connectivity index (χ0) is 21.8. The topological polar surface area (TPSA) is 71.5 Å². The Morgan fingerprint density at radius 3 is 2.71 bits per heavy atom. The Kier molecular flexibility index (Phi) is 6.90. The molecule has 7 heteroatoms. The molecule has 1 aromatic carbocycles. The fourth-order valence-electron chi connectivity index (χ4n) is 4.64. The maximum absolute atomic E-state index is 13.4. The van der Waals surface area contributed by atoms with Gasteiger partial charge in [-0.05, 0) is 56.2 Å². The van der Waals surface area contributed by atoms with E-state index in [9.17, 15) is 9.59 Å². The van der Waals surface area contributed by atoms with Crippen molar-refractivity contribution in [1.82, 2.24) is 9.88 Å². The maximum Gasteiger partial charge on any atom is 0.231 e. The molecule has 1 aliphatic carbocycles. The van der Waals surface area contributed by atoms with Crippen LogP contribution in [0.5, 0.6) is 5.75 Å². The van der Waals surface area contributed by atoms with E-state index < -0.39 is 0 Å². The first-order valence-corrected chi connectivity index (χ1v) is 12.1. The molecule has 1 saturated heterocycles. The molecule has 0 spiro atoms. The lowest BCUT2D eigenvalue weighted by molar-refractivity contribution is -0.142. The van der Waals surface area contributed by atoms with Gasteiger partial charge in [0.15, 0.2) is 5.13 Å². The predicted octanol–water partition coefficient (Wildman–Crippen LogP) is 4.75. The van der Waals surface area contributed by atoms with Crippen molar-refractivity contribution in [3.63, 3.8) is 0 Å². The zero-order valence-electron chi connectivity index (χ0n) is 18.4. The van der Waals surface area contributed by atoms with Gasteiger partial charge in [0, 0.05) is 17.8 Å². The molecule has 0 bridgehead atoms. The number of fused-ring (bicyclic) bond motifs is 1. The van der Waals surface area contributed by atoms with Crippen molar-refractivity contribution in [2.45, 2.75) is 64.3 Å². The van der Waals surface area contributed by atoms with E-state index in [0.29, 0.717) is 24.5 Å². The molecule has 2 aliphatic rings. The van der Waals surface area contributed by atoms with E-state index in [1.165, 1.54) is 17.7 Å². The number of amides is 2. The summed E-state index contributed by atoms with van der Waals surface area (Å²) in [6, 6.07) is 7.48. The van der Waals surface area contributed by atoms with E-state index >= 15 is 0 Å². The van der Waals surface area contributed by atoms with Gasteiger partial charge in [-0.3, -0.25) is 9.59 Å². The van der Waals surface area contributed by atoms with Crippen LogP contribution in [0.25, 0.3) is 0 Å². The van der Waals surface area contributed by atoms with Gasteiger partial charge in [0.05, 0.1) is 24.8 Å². The second kappa shape index (κ2) is 9.81. The lowest BCUT2D eigenvalue weighted by Crippen LogP contribution is -2.47. The van der Waals surface area contributed by atoms with Crippen LogP contribution < -0.4 is 10.1 Å². The number of nitrogens with one attached hydrogen (secondary N) is 1. The summed E-state index contributed by atoms with van der Waals surface area (Å²) in [6.45, 7) is 2.78. The molecule has 31 heavy (non-hydrogen) atoms. The number of carbonyl (C=O) groups excluding carboxylic acids is 2. The summed E-state index contributed by atoms with van der Waals surface area (Å²) in [5.41, 5.74) is 2.12. The molecule has 1 aromatic heterocycles. The van der Waals surface area contributed by atoms with Gasteiger partial charge in [-0.2, -0.15) is 0 Å². The zero-order valence-corrected chi connectivity index (χ0v) is 19.2. The van der Waals surface area contributed by atoms with Crippen molar-refractivity contribution in [1.29, 1.82) is 0 Å². The minimum absolute atomic E-state index is 0.0408. The molecule has 2 aromatic rings. The standard InChI is InChI=1S/C24H31N3O3S/c1-3-4-15-27-21(28)14-13-18(22(27)16-9-11-17(30-2)12-10-16)23(29)26-24-25-19-7-5-6-8-20(19)31-24/h9-12,18,22H,3-8,13-15H2,1-2H3,(H,25,26,29)/t18-,22+/m1/s1. The van der Waals surface area contributed by atoms with Gasteiger partial charge in [0.2, 0.25) is 11.8 Å². The van der Waals surface area contributed by atoms with E-state index in [4.69, 9.17) is 4.74 Å². The molecule has 166 valence electrons. The van der Waals surface area contributed by atoms with Crippen LogP contribution in [0.4, 0.5) is 5.13 Å². The lowest BCUT2D eigenvalue weighted by atomic mass is 9.83. The molecule has 2 atom stereocenters. The molecule has 0 unspecified atom stereocenters. The summed E-state index contributed by atoms with van der Waals surface area (Å²) in [6.07, 6.45) is 7.30. The van der Waals surface area contributed by atoms with Gasteiger partial charge in [-0.25, -0.2) is 4.98 Å². The number of benzene rings is 1. The molecule has 0 saturated carbocycles. The van der Waals surface area contributed by atoms with Gasteiger partial charge in [0.1, 0.15) is 5.75 Å². The van der Waals surface area contributed by atoms with Gasteiger partial charge >= 0.3 is 0 Å². The second-order valence-electron chi connectivity index (χ2n) is 8.39. The highest BCUT2D eigenvalue weighted by Gasteiger charge is 2.40. The molecular formula is C24H31N3O3S. The fourth-order valence-corrected chi connectivity index (χ4v) is 5.69. The second-order valence-corrected chi connectivity index (χ2v) is 9.47. The summed E-state index contributed by atoms with van der Waals surface area (Å²) in [7, 11) is 1.64. The molecule has 1 aliphatic heterocycles. The number of unbranched alkanes of at least 4 members (excludes halogenated alkanes) is 1. The van der Waals surface area contributed by atoms with Crippen molar-refractivity contribution >= 4 is 28.3 Å². The summed E-state index contributed by atoms with van der Waals surface area (Å²) in [5, 5.41) is 3.79. The number of hydrogen-bond donors (Lipinski definition) is 1. The quantitative estimate of drug-likeness (QED) is 0.673. The van der Waals surface area contributed by atoms with Crippen molar-refractivity contribution in [3.8, 4) is 5.75 Å². The number of methoxy groups -OCH3 is 1. The number of thiazole rings is 1. The Morgan fingerprint density at radius 1 is 1.23 bits per heavy atom. The Labute approximate surface area is 188 Å². The SMILES string of the molecule is CCCCN1C(=O)CC[C@@H](C(=O)Nc2nc3c(s2)CCCC3)[C@@H]1c1ccc(OC)cc1. The number of anilines is 1. The van der Waals surface area contributed by atoms with Crippen molar-refractivity contribution < 1.29 is 14.3 Å². The van der Waals surface area contributed by atoms with E-state index in [1.54, 1.807) is 18.4 Å². The minimum atomic E-state index is -0.302. The van der Waals surface area contributed by atoms with Crippen LogP contribution in [-0.4, -0.2) is 35.4 Å². The smallest absolute Gasteiger partial charge is 0.231 e. The Bertz CT molecular complexity index is 901. The number of nitrogens with zero attached hydrogens (tertiary/aromatic N) is 2. The number of ether oxygens (including phenoxy) is 1. The van der Waals surface area contributed by atoms with Crippen LogP contribution in [0.2, 0.25) is 0 Å². The van der Waals surface area contributed by atoms with Crippen LogP contribution in [0.15, 0.2) is 24.3 Å². The molecule has 4 rings (SSSR count). The highest BCUT2D eigenvalue weighted by Crippen LogP contribution is 2.39. The normalized spacial score (nSPS) is 21.0. The number of hydrogen-bond acceptors (Lipinski definition) is 5. The fraction of sp³-hybridized carbons (Fsp3) is 0.542. The third-order valence-electron chi connectivity index (χ3n) is 6.33. The first kappa shape index (κ1) is 21.8. The number of carbonyl (C=O) groups is 2. The maximum atomic E-state index is 13.4. The average Bonchev–Trinajstić information content (AvgIpc) is 3.20. The van der Waals surface area contributed by atoms with E-state index in [-0.39, 0.29) is 23.8 Å². The molecule has 6 nitrogen and oxygen atoms in total. The summed E-state index contributed by atoms with van der Waals surface area (Å²) in [4.78, 5) is 34.1.